The molecule has 2 atom stereocenters. The van der Waals surface area contributed by atoms with Crippen molar-refractivity contribution in [1.82, 2.24) is 19.9 Å². The van der Waals surface area contributed by atoms with Crippen LogP contribution in [0.5, 0.6) is 0 Å². The SMILES string of the molecule is O=C(Nc1nc2c(F)cc(F)cc2s1)C1CCCN1c1ccccn1.O=C(Nc1nc2c(F)cc(F)cc2s1)C1CCCN1c1cccnc1. The van der Waals surface area contributed by atoms with Gasteiger partial charge in [0.1, 0.15) is 40.6 Å². The van der Waals surface area contributed by atoms with Crippen molar-refractivity contribution in [2.24, 2.45) is 0 Å². The molecule has 0 aliphatic carbocycles. The number of amides is 2. The summed E-state index contributed by atoms with van der Waals surface area (Å²) in [5.41, 5.74) is 1.02. The van der Waals surface area contributed by atoms with Gasteiger partial charge in [-0.25, -0.2) is 32.5 Å². The second kappa shape index (κ2) is 14.3. The summed E-state index contributed by atoms with van der Waals surface area (Å²) >= 11 is 2.11. The van der Waals surface area contributed by atoms with Crippen LogP contribution in [0.3, 0.4) is 0 Å². The van der Waals surface area contributed by atoms with E-state index in [2.05, 4.69) is 30.6 Å². The number of nitrogens with zero attached hydrogens (tertiary/aromatic N) is 6. The molecule has 16 heteroatoms. The topological polar surface area (TPSA) is 116 Å². The number of hydrogen-bond acceptors (Lipinski definition) is 10. The molecule has 2 unspecified atom stereocenters. The van der Waals surface area contributed by atoms with Crippen LogP contribution in [0.25, 0.3) is 20.4 Å². The van der Waals surface area contributed by atoms with E-state index in [9.17, 15) is 27.2 Å². The van der Waals surface area contributed by atoms with Crippen LogP contribution in [0.2, 0.25) is 0 Å². The maximum Gasteiger partial charge on any atom is 0.248 e. The van der Waals surface area contributed by atoms with Crippen molar-refractivity contribution in [3.05, 3.63) is 96.5 Å². The molecule has 6 aromatic rings. The molecule has 2 aliphatic rings. The van der Waals surface area contributed by atoms with Crippen molar-refractivity contribution in [2.45, 2.75) is 37.8 Å². The minimum Gasteiger partial charge on any atom is -0.358 e. The van der Waals surface area contributed by atoms with E-state index in [1.54, 1.807) is 18.6 Å². The lowest BCUT2D eigenvalue weighted by molar-refractivity contribution is -0.118. The van der Waals surface area contributed by atoms with E-state index in [1.165, 1.54) is 12.1 Å². The Bertz CT molecular complexity index is 2020. The van der Waals surface area contributed by atoms with Gasteiger partial charge in [0.05, 0.1) is 21.3 Å². The van der Waals surface area contributed by atoms with Gasteiger partial charge in [-0.1, -0.05) is 28.7 Å². The number of carbonyl (C=O) groups excluding carboxylic acids is 2. The van der Waals surface area contributed by atoms with Crippen LogP contribution in [-0.2, 0) is 9.59 Å². The summed E-state index contributed by atoms with van der Waals surface area (Å²) in [6, 6.07) is 12.6. The highest BCUT2D eigenvalue weighted by molar-refractivity contribution is 7.22. The molecule has 2 aliphatic heterocycles. The molecule has 2 N–H and O–H groups in total. The van der Waals surface area contributed by atoms with Crippen molar-refractivity contribution in [3.8, 4) is 0 Å². The quantitative estimate of drug-likeness (QED) is 0.174. The highest BCUT2D eigenvalue weighted by Gasteiger charge is 2.33. The van der Waals surface area contributed by atoms with Crippen LogP contribution in [0.4, 0.5) is 39.3 Å². The van der Waals surface area contributed by atoms with Gasteiger partial charge in [-0.2, -0.15) is 0 Å². The summed E-state index contributed by atoms with van der Waals surface area (Å²) in [6.45, 7) is 1.51. The van der Waals surface area contributed by atoms with Gasteiger partial charge in [-0.05, 0) is 62.1 Å². The summed E-state index contributed by atoms with van der Waals surface area (Å²) in [5.74, 6) is -2.47. The molecule has 4 aromatic heterocycles. The Morgan fingerprint density at radius 2 is 1.30 bits per heavy atom. The Hall–Kier alpha value is -5.22. The first-order valence-corrected chi connectivity index (χ1v) is 17.3. The Morgan fingerprint density at radius 3 is 1.84 bits per heavy atom. The average molecular weight is 721 g/mol. The van der Waals surface area contributed by atoms with Crippen molar-refractivity contribution in [1.29, 1.82) is 0 Å². The highest BCUT2D eigenvalue weighted by Crippen LogP contribution is 2.32. The summed E-state index contributed by atoms with van der Waals surface area (Å²) in [6.07, 6.45) is 8.30. The molecule has 50 heavy (non-hydrogen) atoms. The van der Waals surface area contributed by atoms with E-state index < -0.39 is 23.3 Å². The third kappa shape index (κ3) is 7.07. The first-order valence-electron chi connectivity index (χ1n) is 15.7. The first-order chi connectivity index (χ1) is 24.2. The van der Waals surface area contributed by atoms with Crippen molar-refractivity contribution >= 4 is 76.7 Å². The largest absolute Gasteiger partial charge is 0.358 e. The predicted molar refractivity (Wildman–Crippen MR) is 186 cm³/mol. The van der Waals surface area contributed by atoms with Gasteiger partial charge in [0.15, 0.2) is 21.9 Å². The van der Waals surface area contributed by atoms with Crippen LogP contribution in [0, 0.1) is 23.3 Å². The van der Waals surface area contributed by atoms with Crippen LogP contribution in [0.15, 0.2) is 73.2 Å². The van der Waals surface area contributed by atoms with Crippen LogP contribution in [0.1, 0.15) is 25.7 Å². The fraction of sp³-hybridized carbons (Fsp3) is 0.235. The number of pyridine rings is 2. The van der Waals surface area contributed by atoms with Gasteiger partial charge in [0, 0.05) is 37.6 Å². The zero-order valence-electron chi connectivity index (χ0n) is 26.2. The van der Waals surface area contributed by atoms with E-state index in [1.807, 2.05) is 40.1 Å². The third-order valence-electron chi connectivity index (χ3n) is 8.32. The second-order valence-electron chi connectivity index (χ2n) is 11.6. The van der Waals surface area contributed by atoms with Gasteiger partial charge >= 0.3 is 0 Å². The zero-order chi connectivity index (χ0) is 34.8. The van der Waals surface area contributed by atoms with E-state index in [4.69, 9.17) is 0 Å². The summed E-state index contributed by atoms with van der Waals surface area (Å²) < 4.78 is 54.8. The number of aromatic nitrogens is 4. The lowest BCUT2D eigenvalue weighted by Crippen LogP contribution is -2.40. The fourth-order valence-corrected chi connectivity index (χ4v) is 7.92. The Morgan fingerprint density at radius 1 is 0.720 bits per heavy atom. The number of benzene rings is 2. The minimum atomic E-state index is -0.734. The number of nitrogens with one attached hydrogen (secondary N) is 2. The number of halogens is 4. The van der Waals surface area contributed by atoms with Gasteiger partial charge in [0.2, 0.25) is 11.8 Å². The van der Waals surface area contributed by atoms with E-state index in [0.29, 0.717) is 22.2 Å². The molecule has 8 rings (SSSR count). The smallest absolute Gasteiger partial charge is 0.248 e. The zero-order valence-corrected chi connectivity index (χ0v) is 27.8. The molecule has 2 fully saturated rings. The Kier molecular flexibility index (Phi) is 9.54. The monoisotopic (exact) mass is 720 g/mol. The molecule has 0 bridgehead atoms. The molecule has 0 spiro atoms. The summed E-state index contributed by atoms with van der Waals surface area (Å²) in [7, 11) is 0. The van der Waals surface area contributed by atoms with Crippen molar-refractivity contribution in [2.75, 3.05) is 33.5 Å². The highest BCUT2D eigenvalue weighted by atomic mass is 32.1. The number of rotatable bonds is 6. The number of anilines is 4. The lowest BCUT2D eigenvalue weighted by Gasteiger charge is -2.25. The van der Waals surface area contributed by atoms with Gasteiger partial charge in [0.25, 0.3) is 0 Å². The second-order valence-corrected chi connectivity index (χ2v) is 13.6. The molecular formula is C34H28F4N8O2S2. The summed E-state index contributed by atoms with van der Waals surface area (Å²) in [4.78, 5) is 45.8. The Labute approximate surface area is 290 Å². The first kappa shape index (κ1) is 33.3. The van der Waals surface area contributed by atoms with Crippen LogP contribution in [-0.4, -0.2) is 56.9 Å². The molecule has 2 saturated heterocycles. The molecule has 256 valence electrons. The molecule has 0 radical (unpaired) electrons. The molecule has 6 heterocycles. The number of hydrogen-bond donors (Lipinski definition) is 2. The van der Waals surface area contributed by atoms with Crippen LogP contribution >= 0.6 is 22.7 Å². The van der Waals surface area contributed by atoms with Crippen molar-refractivity contribution in [3.63, 3.8) is 0 Å². The molecular weight excluding hydrogens is 693 g/mol. The Balaban J connectivity index is 0.000000157. The standard InChI is InChI=1S/2C17H14F2N4OS/c18-10-7-12(19)15-14(8-10)25-17(21-15)22-16(24)13-4-2-6-23(13)11-3-1-5-20-9-11;18-10-8-11(19)15-13(9-10)25-17(21-15)22-16(24)12-4-3-7-23(12)14-5-1-2-6-20-14/h1,3,5,7-9,13H,2,4,6H2,(H,21,22,24);1-2,5-6,8-9,12H,3-4,7H2,(H,21,22,24). The van der Waals surface area contributed by atoms with Crippen molar-refractivity contribution < 1.29 is 27.2 Å². The third-order valence-corrected chi connectivity index (χ3v) is 10.2. The maximum absolute atomic E-state index is 13.8. The van der Waals surface area contributed by atoms with E-state index in [-0.39, 0.29) is 45.2 Å². The minimum absolute atomic E-state index is 0.0645. The number of fused-ring (bicyclic) bond motifs is 2. The fourth-order valence-electron chi connectivity index (χ4n) is 6.11. The maximum atomic E-state index is 13.8. The number of thiazole rings is 2. The summed E-state index contributed by atoms with van der Waals surface area (Å²) in [5, 5.41) is 5.99. The van der Waals surface area contributed by atoms with Gasteiger partial charge in [-0.3, -0.25) is 14.6 Å². The van der Waals surface area contributed by atoms with E-state index >= 15 is 0 Å². The van der Waals surface area contributed by atoms with E-state index in [0.717, 1.165) is 72.2 Å². The lowest BCUT2D eigenvalue weighted by atomic mass is 10.2. The number of carbonyl (C=O) groups is 2. The molecule has 0 saturated carbocycles. The van der Waals surface area contributed by atoms with Gasteiger partial charge in [-0.15, -0.1) is 0 Å². The average Bonchev–Trinajstić information content (AvgIpc) is 3.92. The van der Waals surface area contributed by atoms with Gasteiger partial charge < -0.3 is 20.4 Å². The predicted octanol–water partition coefficient (Wildman–Crippen LogP) is 7.15. The molecule has 2 amide bonds. The molecule has 2 aromatic carbocycles. The van der Waals surface area contributed by atoms with Crippen LogP contribution < -0.4 is 20.4 Å². The normalized spacial score (nSPS) is 17.2. The molecule has 10 nitrogen and oxygen atoms in total.